The molecule has 2 aliphatic rings. The van der Waals surface area contributed by atoms with Crippen molar-refractivity contribution in [2.45, 2.75) is 26.3 Å². The van der Waals surface area contributed by atoms with Gasteiger partial charge in [-0.1, -0.05) is 23.9 Å². The monoisotopic (exact) mass is 365 g/mol. The first-order valence-corrected chi connectivity index (χ1v) is 9.32. The second kappa shape index (κ2) is 7.08. The van der Waals surface area contributed by atoms with Crippen LogP contribution >= 0.6 is 0 Å². The van der Waals surface area contributed by atoms with Crippen molar-refractivity contribution in [1.29, 1.82) is 0 Å². The Morgan fingerprint density at radius 1 is 1.22 bits per heavy atom. The predicted octanol–water partition coefficient (Wildman–Crippen LogP) is 1.87. The maximum Gasteiger partial charge on any atom is 0.232 e. The summed E-state index contributed by atoms with van der Waals surface area (Å²) in [4.78, 5) is 14.3. The minimum absolute atomic E-state index is 0.0378. The third-order valence-electron chi connectivity index (χ3n) is 5.35. The van der Waals surface area contributed by atoms with E-state index in [4.69, 9.17) is 9.47 Å². The molecule has 0 spiro atoms. The van der Waals surface area contributed by atoms with Gasteiger partial charge < -0.3 is 19.5 Å². The van der Waals surface area contributed by atoms with Crippen molar-refractivity contribution in [2.75, 3.05) is 20.2 Å². The van der Waals surface area contributed by atoms with E-state index >= 15 is 0 Å². The highest BCUT2D eigenvalue weighted by atomic mass is 16.5. The minimum atomic E-state index is -0.156. The smallest absolute Gasteiger partial charge is 0.232 e. The molecule has 1 N–H and O–H groups in total. The van der Waals surface area contributed by atoms with E-state index in [2.05, 4.69) is 0 Å². The van der Waals surface area contributed by atoms with Crippen LogP contribution < -0.4 is 19.5 Å². The number of rotatable bonds is 4. The van der Waals surface area contributed by atoms with Crippen LogP contribution in [0.5, 0.6) is 17.2 Å². The molecular weight excluding hydrogens is 342 g/mol. The number of fused-ring (bicyclic) bond motifs is 1. The first-order valence-electron chi connectivity index (χ1n) is 9.32. The van der Waals surface area contributed by atoms with Gasteiger partial charge in [-0.25, -0.2) is 0 Å². The summed E-state index contributed by atoms with van der Waals surface area (Å²) in [5.74, 6) is 1.28. The van der Waals surface area contributed by atoms with E-state index in [1.165, 1.54) is 17.7 Å². The molecule has 0 aliphatic carbocycles. The van der Waals surface area contributed by atoms with E-state index in [0.717, 1.165) is 24.4 Å². The first-order chi connectivity index (χ1) is 13.1. The number of ether oxygens (including phenoxy) is 2. The number of allylic oxidation sites excluding steroid dienone is 1. The highest BCUT2D eigenvalue weighted by Gasteiger charge is 2.33. The zero-order valence-corrected chi connectivity index (χ0v) is 15.6. The van der Waals surface area contributed by atoms with Gasteiger partial charge >= 0.3 is 0 Å². The third kappa shape index (κ3) is 3.30. The number of Topliss-reactive ketones (excluding diaryl/α,β-unsaturated/α-hetero) is 1. The second-order valence-corrected chi connectivity index (χ2v) is 7.22. The van der Waals surface area contributed by atoms with Crippen LogP contribution in [0.1, 0.15) is 39.9 Å². The van der Waals surface area contributed by atoms with E-state index in [0.29, 0.717) is 29.0 Å². The zero-order valence-electron chi connectivity index (χ0n) is 15.6. The van der Waals surface area contributed by atoms with Gasteiger partial charge in [-0.2, -0.15) is 0 Å². The molecule has 0 atom stereocenters. The Hall–Kier alpha value is -2.79. The largest absolute Gasteiger partial charge is 0.872 e. The average molecular weight is 365 g/mol. The molecule has 0 radical (unpaired) electrons. The second-order valence-electron chi connectivity index (χ2n) is 7.22. The van der Waals surface area contributed by atoms with Gasteiger partial charge in [0.05, 0.1) is 25.8 Å². The average Bonchev–Trinajstić information content (AvgIpc) is 3.28. The maximum absolute atomic E-state index is 12.9. The fourth-order valence-corrected chi connectivity index (χ4v) is 3.89. The molecule has 0 amide bonds. The van der Waals surface area contributed by atoms with Crippen LogP contribution in [0.4, 0.5) is 0 Å². The summed E-state index contributed by atoms with van der Waals surface area (Å²) in [5, 5.41) is 12.6. The fourth-order valence-electron chi connectivity index (χ4n) is 3.89. The van der Waals surface area contributed by atoms with Crippen molar-refractivity contribution in [3.63, 3.8) is 0 Å². The summed E-state index contributed by atoms with van der Waals surface area (Å²) in [5.41, 5.74) is 2.68. The Morgan fingerprint density at radius 3 is 2.59 bits per heavy atom. The molecule has 0 bridgehead atoms. The Kier molecular flexibility index (Phi) is 4.62. The van der Waals surface area contributed by atoms with Crippen LogP contribution in [0, 0.1) is 6.92 Å². The number of aryl methyl sites for hydroxylation is 1. The first kappa shape index (κ1) is 17.6. The summed E-state index contributed by atoms with van der Waals surface area (Å²) in [6.45, 7) is 4.53. The summed E-state index contributed by atoms with van der Waals surface area (Å²) in [6, 6.07) is 8.98. The van der Waals surface area contributed by atoms with Crippen molar-refractivity contribution in [3.8, 4) is 17.2 Å². The summed E-state index contributed by atoms with van der Waals surface area (Å²) >= 11 is 0. The number of likely N-dealkylation sites (tertiary alicyclic amines) is 1. The number of hydrogen-bond acceptors (Lipinski definition) is 4. The summed E-state index contributed by atoms with van der Waals surface area (Å²) < 4.78 is 11.1. The topological polar surface area (TPSA) is 63.0 Å². The molecule has 1 saturated heterocycles. The molecule has 2 aromatic rings. The van der Waals surface area contributed by atoms with Crippen LogP contribution in [0.15, 0.2) is 36.1 Å². The van der Waals surface area contributed by atoms with Crippen LogP contribution in [-0.4, -0.2) is 26.0 Å². The molecule has 2 heterocycles. The quantitative estimate of drug-likeness (QED) is 0.841. The Bertz CT molecular complexity index is 909. The highest BCUT2D eigenvalue weighted by molar-refractivity contribution is 6.15. The van der Waals surface area contributed by atoms with Gasteiger partial charge in [0.25, 0.3) is 0 Å². The van der Waals surface area contributed by atoms with Crippen LogP contribution in [0.2, 0.25) is 0 Å². The van der Waals surface area contributed by atoms with Gasteiger partial charge in [-0.15, -0.1) is 0 Å². The SMILES string of the molecule is COc1ccc(/C=C2\Oc3c(C[NH+]4CCCC4)c([O-])cc(C)c3C2=O)cc1. The van der Waals surface area contributed by atoms with Gasteiger partial charge in [0.15, 0.2) is 5.76 Å². The lowest BCUT2D eigenvalue weighted by atomic mass is 9.99. The van der Waals surface area contributed by atoms with Gasteiger partial charge in [0.1, 0.15) is 18.0 Å². The van der Waals surface area contributed by atoms with Crippen molar-refractivity contribution in [3.05, 3.63) is 58.3 Å². The van der Waals surface area contributed by atoms with Crippen LogP contribution in [0.3, 0.4) is 0 Å². The zero-order chi connectivity index (χ0) is 19.0. The van der Waals surface area contributed by atoms with Crippen molar-refractivity contribution in [2.24, 2.45) is 0 Å². The van der Waals surface area contributed by atoms with E-state index in [-0.39, 0.29) is 17.3 Å². The Labute approximate surface area is 158 Å². The molecule has 2 aromatic carbocycles. The number of carbonyl (C=O) groups is 1. The lowest BCUT2D eigenvalue weighted by Crippen LogP contribution is -3.08. The highest BCUT2D eigenvalue weighted by Crippen LogP contribution is 2.40. The van der Waals surface area contributed by atoms with Gasteiger partial charge in [0, 0.05) is 18.4 Å². The molecule has 5 heteroatoms. The standard InChI is InChI=1S/C22H23NO4/c1-14-11-18(24)17(13-23-9-3-4-10-23)22-20(14)21(25)19(27-22)12-15-5-7-16(26-2)8-6-15/h5-8,11-12,24H,3-4,9-10,13H2,1-2H3/b19-12-. The molecular formula is C22H23NO4. The van der Waals surface area contributed by atoms with Gasteiger partial charge in [-0.3, -0.25) is 4.79 Å². The number of nitrogens with one attached hydrogen (secondary N) is 1. The molecule has 1 fully saturated rings. The molecule has 0 aromatic heterocycles. The van der Waals surface area contributed by atoms with E-state index < -0.39 is 0 Å². The molecule has 5 nitrogen and oxygen atoms in total. The van der Waals surface area contributed by atoms with Crippen molar-refractivity contribution < 1.29 is 24.3 Å². The normalized spacial score (nSPS) is 18.0. The third-order valence-corrected chi connectivity index (χ3v) is 5.35. The number of quaternary nitrogens is 1. The lowest BCUT2D eigenvalue weighted by molar-refractivity contribution is -0.901. The summed E-state index contributed by atoms with van der Waals surface area (Å²) in [6.07, 6.45) is 4.08. The molecule has 27 heavy (non-hydrogen) atoms. The van der Waals surface area contributed by atoms with E-state index in [1.54, 1.807) is 26.2 Å². The number of benzene rings is 2. The Balaban J connectivity index is 1.69. The number of carbonyl (C=O) groups excluding carboxylic acids is 1. The Morgan fingerprint density at radius 2 is 1.93 bits per heavy atom. The summed E-state index contributed by atoms with van der Waals surface area (Å²) in [7, 11) is 1.61. The van der Waals surface area contributed by atoms with Gasteiger partial charge in [0.2, 0.25) is 5.78 Å². The van der Waals surface area contributed by atoms with E-state index in [1.807, 2.05) is 24.3 Å². The number of methoxy groups -OCH3 is 1. The van der Waals surface area contributed by atoms with Crippen LogP contribution in [-0.2, 0) is 6.54 Å². The molecule has 140 valence electrons. The number of ketones is 1. The fraction of sp³-hybridized carbons (Fsp3) is 0.318. The van der Waals surface area contributed by atoms with Crippen LogP contribution in [0.25, 0.3) is 6.08 Å². The predicted molar refractivity (Wildman–Crippen MR) is 100 cm³/mol. The molecule has 4 rings (SSSR count). The van der Waals surface area contributed by atoms with Gasteiger partial charge in [-0.05, 0) is 36.3 Å². The van der Waals surface area contributed by atoms with Crippen molar-refractivity contribution in [1.82, 2.24) is 0 Å². The minimum Gasteiger partial charge on any atom is -0.872 e. The molecule has 0 saturated carbocycles. The molecule has 2 aliphatic heterocycles. The lowest BCUT2D eigenvalue weighted by Gasteiger charge is -2.20. The van der Waals surface area contributed by atoms with Crippen molar-refractivity contribution >= 4 is 11.9 Å². The number of hydrogen-bond donors (Lipinski definition) is 1. The van der Waals surface area contributed by atoms with E-state index in [9.17, 15) is 9.90 Å². The maximum atomic E-state index is 12.9. The molecule has 0 unspecified atom stereocenters.